The molecule has 0 unspecified atom stereocenters. The van der Waals surface area contributed by atoms with Crippen LogP contribution in [-0.2, 0) is 11.2 Å². The lowest BCUT2D eigenvalue weighted by atomic mass is 10.1. The molecule has 0 atom stereocenters. The van der Waals surface area contributed by atoms with Crippen molar-refractivity contribution in [3.8, 4) is 11.4 Å². The van der Waals surface area contributed by atoms with E-state index in [4.69, 9.17) is 0 Å². The van der Waals surface area contributed by atoms with Crippen molar-refractivity contribution in [1.29, 1.82) is 0 Å². The predicted molar refractivity (Wildman–Crippen MR) is 66.8 cm³/mol. The van der Waals surface area contributed by atoms with E-state index in [9.17, 15) is 4.79 Å². The Hall–Kier alpha value is -2.17. The zero-order valence-corrected chi connectivity index (χ0v) is 10.4. The third kappa shape index (κ3) is 2.94. The molecule has 1 heterocycles. The molecule has 0 spiro atoms. The minimum atomic E-state index is 0.234. The number of hydrogen-bond acceptors (Lipinski definition) is 5. The molecule has 2 aromatic rings. The Balaban J connectivity index is 2.17. The van der Waals surface area contributed by atoms with E-state index < -0.39 is 0 Å². The molecule has 1 aromatic carbocycles. The van der Waals surface area contributed by atoms with Gasteiger partial charge in [-0.1, -0.05) is 31.2 Å². The topological polar surface area (TPSA) is 68.6 Å². The zero-order chi connectivity index (χ0) is 13.0. The first kappa shape index (κ1) is 12.3. The Kier molecular flexibility index (Phi) is 3.72. The summed E-state index contributed by atoms with van der Waals surface area (Å²) in [5, 5.41) is 15.7. The molecule has 2 rings (SSSR count). The number of hydrogen-bond donors (Lipinski definition) is 0. The van der Waals surface area contributed by atoms with Gasteiger partial charge in [-0.25, -0.2) is 0 Å². The van der Waals surface area contributed by atoms with Gasteiger partial charge in [0.2, 0.25) is 5.82 Å². The largest absolute Gasteiger partial charge is 0.299 e. The summed E-state index contributed by atoms with van der Waals surface area (Å²) >= 11 is 0. The molecule has 0 fully saturated rings. The average molecular weight is 242 g/mol. The molecule has 0 bridgehead atoms. The molecule has 0 saturated carbocycles. The van der Waals surface area contributed by atoms with Crippen molar-refractivity contribution >= 4 is 5.78 Å². The molecule has 1 aromatic heterocycles. The fraction of sp³-hybridized carbons (Fsp3) is 0.308. The van der Waals surface area contributed by atoms with Crippen molar-refractivity contribution in [2.24, 2.45) is 0 Å². The molecule has 0 saturated heterocycles. The van der Waals surface area contributed by atoms with Gasteiger partial charge in [-0.05, 0) is 12.5 Å². The standard InChI is InChI=1S/C13H14N4O/c1-3-12(18)8-10-4-6-11(7-5-10)13-16-14-9(2)15-17-13/h4-7H,3,8H2,1-2H3. The lowest BCUT2D eigenvalue weighted by Gasteiger charge is -2.01. The Labute approximate surface area is 105 Å². The summed E-state index contributed by atoms with van der Waals surface area (Å²) in [7, 11) is 0. The van der Waals surface area contributed by atoms with Crippen molar-refractivity contribution in [2.75, 3.05) is 0 Å². The smallest absolute Gasteiger partial charge is 0.203 e. The lowest BCUT2D eigenvalue weighted by Crippen LogP contribution is -2.01. The number of carbonyl (C=O) groups excluding carboxylic acids is 1. The number of rotatable bonds is 4. The Morgan fingerprint density at radius 3 is 2.22 bits per heavy atom. The van der Waals surface area contributed by atoms with E-state index in [1.54, 1.807) is 6.92 Å². The number of ketones is 1. The van der Waals surface area contributed by atoms with E-state index in [2.05, 4.69) is 20.4 Å². The predicted octanol–water partition coefficient (Wildman–Crippen LogP) is 1.76. The fourth-order valence-electron chi connectivity index (χ4n) is 1.52. The van der Waals surface area contributed by atoms with E-state index in [1.807, 2.05) is 31.2 Å². The molecular weight excluding hydrogens is 228 g/mol. The van der Waals surface area contributed by atoms with Crippen LogP contribution in [0.4, 0.5) is 0 Å². The van der Waals surface area contributed by atoms with Crippen LogP contribution < -0.4 is 0 Å². The van der Waals surface area contributed by atoms with E-state index in [0.29, 0.717) is 24.5 Å². The first-order valence-electron chi connectivity index (χ1n) is 5.84. The van der Waals surface area contributed by atoms with E-state index in [0.717, 1.165) is 11.1 Å². The molecule has 5 heteroatoms. The van der Waals surface area contributed by atoms with Gasteiger partial charge in [0.25, 0.3) is 0 Å². The maximum atomic E-state index is 11.3. The summed E-state index contributed by atoms with van der Waals surface area (Å²) in [4.78, 5) is 11.3. The Morgan fingerprint density at radius 1 is 1.06 bits per heavy atom. The van der Waals surface area contributed by atoms with Crippen LogP contribution in [0.3, 0.4) is 0 Å². The van der Waals surface area contributed by atoms with Crippen LogP contribution in [0.1, 0.15) is 24.7 Å². The number of aryl methyl sites for hydroxylation is 1. The van der Waals surface area contributed by atoms with Gasteiger partial charge in [-0.15, -0.1) is 20.4 Å². The number of nitrogens with zero attached hydrogens (tertiary/aromatic N) is 4. The summed E-state index contributed by atoms with van der Waals surface area (Å²) in [6.45, 7) is 3.61. The van der Waals surface area contributed by atoms with Crippen molar-refractivity contribution in [3.63, 3.8) is 0 Å². The van der Waals surface area contributed by atoms with Crippen LogP contribution in [0, 0.1) is 6.92 Å². The zero-order valence-electron chi connectivity index (χ0n) is 10.4. The highest BCUT2D eigenvalue weighted by atomic mass is 16.1. The molecule has 0 N–H and O–H groups in total. The van der Waals surface area contributed by atoms with Crippen LogP contribution >= 0.6 is 0 Å². The fourth-order valence-corrected chi connectivity index (χ4v) is 1.52. The molecule has 5 nitrogen and oxygen atoms in total. The van der Waals surface area contributed by atoms with Crippen molar-refractivity contribution in [2.45, 2.75) is 26.7 Å². The van der Waals surface area contributed by atoms with Gasteiger partial charge in [0, 0.05) is 18.4 Å². The first-order valence-corrected chi connectivity index (χ1v) is 5.84. The number of carbonyl (C=O) groups is 1. The monoisotopic (exact) mass is 242 g/mol. The third-order valence-corrected chi connectivity index (χ3v) is 2.59. The highest BCUT2D eigenvalue weighted by Gasteiger charge is 2.04. The van der Waals surface area contributed by atoms with Gasteiger partial charge in [-0.2, -0.15) is 0 Å². The first-order chi connectivity index (χ1) is 8.69. The lowest BCUT2D eigenvalue weighted by molar-refractivity contribution is -0.118. The molecule has 0 amide bonds. The van der Waals surface area contributed by atoms with Crippen LogP contribution in [0.5, 0.6) is 0 Å². The average Bonchev–Trinajstić information content (AvgIpc) is 2.40. The second-order valence-corrected chi connectivity index (χ2v) is 4.04. The van der Waals surface area contributed by atoms with Gasteiger partial charge in [0.15, 0.2) is 5.82 Å². The van der Waals surface area contributed by atoms with E-state index in [1.165, 1.54) is 0 Å². The second kappa shape index (κ2) is 5.44. The second-order valence-electron chi connectivity index (χ2n) is 4.04. The summed E-state index contributed by atoms with van der Waals surface area (Å²) in [6, 6.07) is 7.58. The molecule has 0 aliphatic rings. The minimum absolute atomic E-state index is 0.234. The third-order valence-electron chi connectivity index (χ3n) is 2.59. The van der Waals surface area contributed by atoms with Crippen LogP contribution in [0.15, 0.2) is 24.3 Å². The summed E-state index contributed by atoms with van der Waals surface area (Å²) in [5.74, 6) is 1.27. The van der Waals surface area contributed by atoms with Gasteiger partial charge >= 0.3 is 0 Å². The van der Waals surface area contributed by atoms with Crippen LogP contribution in [0.2, 0.25) is 0 Å². The number of Topliss-reactive ketones (excluding diaryl/α,β-unsaturated/α-hetero) is 1. The minimum Gasteiger partial charge on any atom is -0.299 e. The normalized spacial score (nSPS) is 10.3. The van der Waals surface area contributed by atoms with Crippen LogP contribution in [0.25, 0.3) is 11.4 Å². The molecule has 18 heavy (non-hydrogen) atoms. The molecular formula is C13H14N4O. The van der Waals surface area contributed by atoms with Crippen LogP contribution in [-0.4, -0.2) is 26.2 Å². The number of aromatic nitrogens is 4. The maximum Gasteiger partial charge on any atom is 0.203 e. The molecule has 0 aliphatic heterocycles. The number of benzene rings is 1. The van der Waals surface area contributed by atoms with Gasteiger partial charge < -0.3 is 0 Å². The Morgan fingerprint density at radius 2 is 1.67 bits per heavy atom. The van der Waals surface area contributed by atoms with Crippen molar-refractivity contribution in [1.82, 2.24) is 20.4 Å². The summed E-state index contributed by atoms with van der Waals surface area (Å²) in [6.07, 6.45) is 1.04. The van der Waals surface area contributed by atoms with Crippen molar-refractivity contribution in [3.05, 3.63) is 35.7 Å². The SMILES string of the molecule is CCC(=O)Cc1ccc(-c2nnc(C)nn2)cc1. The summed E-state index contributed by atoms with van der Waals surface area (Å²) < 4.78 is 0. The Bertz CT molecular complexity index is 534. The van der Waals surface area contributed by atoms with Crippen molar-refractivity contribution < 1.29 is 4.79 Å². The van der Waals surface area contributed by atoms with Gasteiger partial charge in [-0.3, -0.25) is 4.79 Å². The van der Waals surface area contributed by atoms with E-state index >= 15 is 0 Å². The maximum absolute atomic E-state index is 11.3. The quantitative estimate of drug-likeness (QED) is 0.817. The van der Waals surface area contributed by atoms with Gasteiger partial charge in [0.05, 0.1) is 0 Å². The van der Waals surface area contributed by atoms with Gasteiger partial charge in [0.1, 0.15) is 5.78 Å². The molecule has 92 valence electrons. The highest BCUT2D eigenvalue weighted by Crippen LogP contribution is 2.14. The molecule has 0 aliphatic carbocycles. The highest BCUT2D eigenvalue weighted by molar-refractivity contribution is 5.80. The summed E-state index contributed by atoms with van der Waals surface area (Å²) in [5.41, 5.74) is 1.85. The van der Waals surface area contributed by atoms with E-state index in [-0.39, 0.29) is 5.78 Å². The molecule has 0 radical (unpaired) electrons.